The lowest BCUT2D eigenvalue weighted by Gasteiger charge is -2.23. The van der Waals surface area contributed by atoms with Crippen LogP contribution in [0.3, 0.4) is 0 Å². The van der Waals surface area contributed by atoms with Crippen LogP contribution in [0.2, 0.25) is 0 Å². The predicted octanol–water partition coefficient (Wildman–Crippen LogP) is 0.798. The lowest BCUT2D eigenvalue weighted by Crippen LogP contribution is -2.32. The Hall–Kier alpha value is -0.910. The van der Waals surface area contributed by atoms with Gasteiger partial charge in [-0.1, -0.05) is 24.3 Å². The first-order chi connectivity index (χ1) is 8.50. The number of aliphatic hydroxyl groups is 1. The molecule has 1 aliphatic rings. The van der Waals surface area contributed by atoms with E-state index in [1.807, 2.05) is 31.3 Å². The summed E-state index contributed by atoms with van der Waals surface area (Å²) in [5.74, 6) is 0.587. The van der Waals surface area contributed by atoms with Crippen LogP contribution >= 0.6 is 0 Å². The Bertz CT molecular complexity index is 495. The zero-order valence-electron chi connectivity index (χ0n) is 10.5. The summed E-state index contributed by atoms with van der Waals surface area (Å²) < 4.78 is 22.9. The van der Waals surface area contributed by atoms with E-state index >= 15 is 0 Å². The van der Waals surface area contributed by atoms with Crippen molar-refractivity contribution in [3.05, 3.63) is 35.4 Å². The minimum Gasteiger partial charge on any atom is -0.392 e. The molecular weight excluding hydrogens is 250 g/mol. The first kappa shape index (κ1) is 13.5. The molecule has 1 aromatic carbocycles. The highest BCUT2D eigenvalue weighted by Crippen LogP contribution is 2.18. The fourth-order valence-electron chi connectivity index (χ4n) is 2.29. The third-order valence-corrected chi connectivity index (χ3v) is 5.22. The third kappa shape index (κ3) is 3.31. The Morgan fingerprint density at radius 2 is 1.89 bits per heavy atom. The fourth-order valence-corrected chi connectivity index (χ4v) is 4.10. The second-order valence-corrected chi connectivity index (χ2v) is 7.18. The van der Waals surface area contributed by atoms with Gasteiger partial charge in [0.2, 0.25) is 0 Å². The van der Waals surface area contributed by atoms with Crippen molar-refractivity contribution in [3.63, 3.8) is 0 Å². The average molecular weight is 269 g/mol. The molecule has 1 N–H and O–H groups in total. The van der Waals surface area contributed by atoms with Crippen molar-refractivity contribution in [1.82, 2.24) is 4.90 Å². The van der Waals surface area contributed by atoms with Crippen LogP contribution < -0.4 is 0 Å². The maximum absolute atomic E-state index is 11.4. The van der Waals surface area contributed by atoms with Gasteiger partial charge in [-0.2, -0.15) is 0 Å². The second kappa shape index (κ2) is 5.38. The van der Waals surface area contributed by atoms with Gasteiger partial charge >= 0.3 is 0 Å². The number of rotatable bonds is 4. The van der Waals surface area contributed by atoms with E-state index in [1.165, 1.54) is 0 Å². The van der Waals surface area contributed by atoms with E-state index in [2.05, 4.69) is 4.90 Å². The highest BCUT2D eigenvalue weighted by molar-refractivity contribution is 7.91. The van der Waals surface area contributed by atoms with E-state index < -0.39 is 9.84 Å². The van der Waals surface area contributed by atoms with E-state index in [0.29, 0.717) is 5.75 Å². The van der Waals surface area contributed by atoms with Crippen LogP contribution in [0, 0.1) is 0 Å². The number of aliphatic hydroxyl groups excluding tert-OH is 1. The minimum atomic E-state index is -2.82. The normalized spacial score (nSPS) is 22.5. The van der Waals surface area contributed by atoms with Crippen LogP contribution in [-0.4, -0.2) is 43.0 Å². The molecule has 0 aliphatic carbocycles. The largest absolute Gasteiger partial charge is 0.392 e. The standard InChI is InChI=1S/C13H19NO3S/c1-14(13-6-7-18(16,17)10-13)8-11-2-4-12(9-15)5-3-11/h2-5,13,15H,6-10H2,1H3. The van der Waals surface area contributed by atoms with Crippen molar-refractivity contribution in [2.24, 2.45) is 0 Å². The van der Waals surface area contributed by atoms with Gasteiger partial charge in [0, 0.05) is 12.6 Å². The van der Waals surface area contributed by atoms with Crippen LogP contribution in [0.15, 0.2) is 24.3 Å². The fraction of sp³-hybridized carbons (Fsp3) is 0.538. The van der Waals surface area contributed by atoms with E-state index in [1.54, 1.807) is 0 Å². The smallest absolute Gasteiger partial charge is 0.151 e. The van der Waals surface area contributed by atoms with Gasteiger partial charge in [0.15, 0.2) is 9.84 Å². The van der Waals surface area contributed by atoms with Gasteiger partial charge in [0.05, 0.1) is 18.1 Å². The lowest BCUT2D eigenvalue weighted by atomic mass is 10.1. The molecule has 2 rings (SSSR count). The molecule has 0 amide bonds. The summed E-state index contributed by atoms with van der Waals surface area (Å²) in [5, 5.41) is 8.96. The summed E-state index contributed by atoms with van der Waals surface area (Å²) in [4.78, 5) is 2.10. The van der Waals surface area contributed by atoms with Gasteiger partial charge in [-0.15, -0.1) is 0 Å². The van der Waals surface area contributed by atoms with E-state index in [4.69, 9.17) is 5.11 Å². The van der Waals surface area contributed by atoms with Crippen LogP contribution in [0.25, 0.3) is 0 Å². The molecule has 1 saturated heterocycles. The maximum atomic E-state index is 11.4. The maximum Gasteiger partial charge on any atom is 0.151 e. The Morgan fingerprint density at radius 3 is 2.39 bits per heavy atom. The van der Waals surface area contributed by atoms with Crippen molar-refractivity contribution in [1.29, 1.82) is 0 Å². The first-order valence-corrected chi connectivity index (χ1v) is 7.91. The highest BCUT2D eigenvalue weighted by Gasteiger charge is 2.30. The van der Waals surface area contributed by atoms with Gasteiger partial charge in [-0.3, -0.25) is 4.90 Å². The van der Waals surface area contributed by atoms with E-state index in [0.717, 1.165) is 24.1 Å². The van der Waals surface area contributed by atoms with Gasteiger partial charge in [-0.05, 0) is 24.6 Å². The topological polar surface area (TPSA) is 57.6 Å². The molecule has 18 heavy (non-hydrogen) atoms. The molecule has 0 aromatic heterocycles. The highest BCUT2D eigenvalue weighted by atomic mass is 32.2. The Morgan fingerprint density at radius 1 is 1.28 bits per heavy atom. The molecule has 1 atom stereocenters. The van der Waals surface area contributed by atoms with Gasteiger partial charge < -0.3 is 5.11 Å². The molecule has 0 bridgehead atoms. The van der Waals surface area contributed by atoms with Crippen molar-refractivity contribution >= 4 is 9.84 Å². The molecule has 1 aliphatic heterocycles. The van der Waals surface area contributed by atoms with E-state index in [-0.39, 0.29) is 18.4 Å². The zero-order chi connectivity index (χ0) is 13.2. The Labute approximate surface area is 108 Å². The summed E-state index contributed by atoms with van der Waals surface area (Å²) in [6.07, 6.45) is 0.730. The zero-order valence-corrected chi connectivity index (χ0v) is 11.4. The van der Waals surface area contributed by atoms with Gasteiger partial charge in [0.1, 0.15) is 0 Å². The molecule has 0 saturated carbocycles. The minimum absolute atomic E-state index is 0.0526. The monoisotopic (exact) mass is 269 g/mol. The van der Waals surface area contributed by atoms with Crippen molar-refractivity contribution in [3.8, 4) is 0 Å². The van der Waals surface area contributed by atoms with E-state index in [9.17, 15) is 8.42 Å². The summed E-state index contributed by atoms with van der Waals surface area (Å²) in [6.45, 7) is 0.795. The molecule has 100 valence electrons. The predicted molar refractivity (Wildman–Crippen MR) is 70.9 cm³/mol. The summed E-state index contributed by atoms with van der Waals surface area (Å²) >= 11 is 0. The van der Waals surface area contributed by atoms with Crippen LogP contribution in [0.1, 0.15) is 17.5 Å². The number of benzene rings is 1. The molecule has 1 unspecified atom stereocenters. The van der Waals surface area contributed by atoms with Gasteiger partial charge in [-0.25, -0.2) is 8.42 Å². The quantitative estimate of drug-likeness (QED) is 0.878. The number of hydrogen-bond acceptors (Lipinski definition) is 4. The van der Waals surface area contributed by atoms with Gasteiger partial charge in [0.25, 0.3) is 0 Å². The molecule has 4 nitrogen and oxygen atoms in total. The molecular formula is C13H19NO3S. The van der Waals surface area contributed by atoms with Crippen LogP contribution in [0.4, 0.5) is 0 Å². The third-order valence-electron chi connectivity index (χ3n) is 3.47. The molecule has 1 aromatic rings. The Balaban J connectivity index is 1.96. The van der Waals surface area contributed by atoms with Crippen molar-refractivity contribution in [2.75, 3.05) is 18.6 Å². The molecule has 1 fully saturated rings. The molecule has 5 heteroatoms. The van der Waals surface area contributed by atoms with Crippen molar-refractivity contribution < 1.29 is 13.5 Å². The molecule has 0 radical (unpaired) electrons. The Kier molecular flexibility index (Phi) is 4.04. The summed E-state index contributed by atoms with van der Waals surface area (Å²) in [5.41, 5.74) is 2.03. The average Bonchev–Trinajstić information content (AvgIpc) is 2.71. The summed E-state index contributed by atoms with van der Waals surface area (Å²) in [6, 6.07) is 7.88. The van der Waals surface area contributed by atoms with Crippen LogP contribution in [-0.2, 0) is 23.0 Å². The SMILES string of the molecule is CN(Cc1ccc(CO)cc1)C1CCS(=O)(=O)C1. The van der Waals surface area contributed by atoms with Crippen molar-refractivity contribution in [2.45, 2.75) is 25.6 Å². The molecule has 1 heterocycles. The summed E-state index contributed by atoms with van der Waals surface area (Å²) in [7, 11) is -0.854. The lowest BCUT2D eigenvalue weighted by molar-refractivity contribution is 0.253. The second-order valence-electron chi connectivity index (χ2n) is 4.95. The number of nitrogens with zero attached hydrogens (tertiary/aromatic N) is 1. The molecule has 0 spiro atoms. The first-order valence-electron chi connectivity index (χ1n) is 6.09. The van der Waals surface area contributed by atoms with Crippen LogP contribution in [0.5, 0.6) is 0 Å². The number of hydrogen-bond donors (Lipinski definition) is 1. The number of sulfone groups is 1.